The zero-order chi connectivity index (χ0) is 13.1. The summed E-state index contributed by atoms with van der Waals surface area (Å²) in [5.74, 6) is 0.431. The van der Waals surface area contributed by atoms with Crippen molar-refractivity contribution in [2.45, 2.75) is 20.3 Å². The van der Waals surface area contributed by atoms with Crippen LogP contribution in [0, 0.1) is 5.92 Å². The van der Waals surface area contributed by atoms with E-state index in [9.17, 15) is 4.79 Å². The van der Waals surface area contributed by atoms with Crippen molar-refractivity contribution in [2.75, 3.05) is 6.54 Å². The first-order valence-corrected chi connectivity index (χ1v) is 6.36. The van der Waals surface area contributed by atoms with Crippen LogP contribution in [-0.2, 0) is 0 Å². The molecule has 0 radical (unpaired) electrons. The lowest BCUT2D eigenvalue weighted by Crippen LogP contribution is -2.25. The molecule has 0 bridgehead atoms. The third-order valence-electron chi connectivity index (χ3n) is 2.65. The molecule has 0 aliphatic carbocycles. The summed E-state index contributed by atoms with van der Waals surface area (Å²) < 4.78 is 1.75. The minimum Gasteiger partial charge on any atom is -0.351 e. The SMILES string of the molecule is CC(C)CCNC(=O)c1cn2cc(Cl)ccc2n1. The Morgan fingerprint density at radius 2 is 2.22 bits per heavy atom. The van der Waals surface area contributed by atoms with Gasteiger partial charge in [0.05, 0.1) is 5.02 Å². The van der Waals surface area contributed by atoms with Gasteiger partial charge in [0.25, 0.3) is 5.91 Å². The minimum atomic E-state index is -0.143. The summed E-state index contributed by atoms with van der Waals surface area (Å²) in [6, 6.07) is 3.54. The van der Waals surface area contributed by atoms with Crippen LogP contribution in [0.25, 0.3) is 5.65 Å². The van der Waals surface area contributed by atoms with E-state index in [2.05, 4.69) is 24.1 Å². The van der Waals surface area contributed by atoms with Crippen LogP contribution in [-0.4, -0.2) is 21.8 Å². The lowest BCUT2D eigenvalue weighted by molar-refractivity contribution is 0.0947. The maximum absolute atomic E-state index is 11.9. The fraction of sp³-hybridized carbons (Fsp3) is 0.385. The van der Waals surface area contributed by atoms with E-state index >= 15 is 0 Å². The van der Waals surface area contributed by atoms with Gasteiger partial charge >= 0.3 is 0 Å². The standard InChI is InChI=1S/C13H16ClN3O/c1-9(2)5-6-15-13(18)11-8-17-7-10(14)3-4-12(17)16-11/h3-4,7-9H,5-6H2,1-2H3,(H,15,18). The first kappa shape index (κ1) is 12.9. The Morgan fingerprint density at radius 3 is 2.94 bits per heavy atom. The van der Waals surface area contributed by atoms with E-state index in [1.165, 1.54) is 0 Å². The van der Waals surface area contributed by atoms with Crippen molar-refractivity contribution < 1.29 is 4.79 Å². The first-order chi connectivity index (χ1) is 8.56. The molecule has 2 aromatic heterocycles. The summed E-state index contributed by atoms with van der Waals surface area (Å²) in [5, 5.41) is 3.48. The fourth-order valence-corrected chi connectivity index (χ4v) is 1.81. The second-order valence-corrected chi connectivity index (χ2v) is 5.11. The molecule has 2 rings (SSSR count). The Morgan fingerprint density at radius 1 is 1.44 bits per heavy atom. The molecule has 0 saturated heterocycles. The number of carbonyl (C=O) groups excluding carboxylic acids is 1. The molecular formula is C13H16ClN3O. The first-order valence-electron chi connectivity index (χ1n) is 5.98. The maximum Gasteiger partial charge on any atom is 0.271 e. The second kappa shape index (κ2) is 5.40. The molecule has 0 aliphatic rings. The van der Waals surface area contributed by atoms with Crippen molar-refractivity contribution in [3.8, 4) is 0 Å². The number of nitrogens with zero attached hydrogens (tertiary/aromatic N) is 2. The number of pyridine rings is 1. The summed E-state index contributed by atoms with van der Waals surface area (Å²) in [5.41, 5.74) is 1.13. The minimum absolute atomic E-state index is 0.143. The average Bonchev–Trinajstić information content (AvgIpc) is 2.71. The number of imidazole rings is 1. The zero-order valence-electron chi connectivity index (χ0n) is 10.5. The molecule has 0 aromatic carbocycles. The van der Waals surface area contributed by atoms with Gasteiger partial charge in [0, 0.05) is 18.9 Å². The predicted molar refractivity (Wildman–Crippen MR) is 72.0 cm³/mol. The summed E-state index contributed by atoms with van der Waals surface area (Å²) in [6.07, 6.45) is 4.38. The van der Waals surface area contributed by atoms with Gasteiger partial charge in [0.2, 0.25) is 0 Å². The molecule has 2 heterocycles. The summed E-state index contributed by atoms with van der Waals surface area (Å²) in [6.45, 7) is 4.92. The van der Waals surface area contributed by atoms with Gasteiger partial charge in [-0.3, -0.25) is 4.79 Å². The molecule has 0 saturated carbocycles. The molecule has 0 atom stereocenters. The fourth-order valence-electron chi connectivity index (χ4n) is 1.64. The Labute approximate surface area is 111 Å². The Hall–Kier alpha value is -1.55. The van der Waals surface area contributed by atoms with Crippen molar-refractivity contribution in [1.82, 2.24) is 14.7 Å². The zero-order valence-corrected chi connectivity index (χ0v) is 11.2. The van der Waals surface area contributed by atoms with E-state index in [-0.39, 0.29) is 5.91 Å². The van der Waals surface area contributed by atoms with Crippen LogP contribution >= 0.6 is 11.6 Å². The molecule has 96 valence electrons. The van der Waals surface area contributed by atoms with Gasteiger partial charge in [-0.25, -0.2) is 4.98 Å². The van der Waals surface area contributed by atoms with Gasteiger partial charge in [0.15, 0.2) is 0 Å². The molecule has 1 amide bonds. The molecule has 2 aromatic rings. The third-order valence-corrected chi connectivity index (χ3v) is 2.88. The number of halogens is 1. The molecular weight excluding hydrogens is 250 g/mol. The molecule has 1 N–H and O–H groups in total. The van der Waals surface area contributed by atoms with Crippen LogP contribution in [0.5, 0.6) is 0 Å². The van der Waals surface area contributed by atoms with Crippen molar-refractivity contribution in [3.63, 3.8) is 0 Å². The van der Waals surface area contributed by atoms with E-state index in [0.717, 1.165) is 6.42 Å². The smallest absolute Gasteiger partial charge is 0.271 e. The van der Waals surface area contributed by atoms with Gasteiger partial charge in [0.1, 0.15) is 11.3 Å². The van der Waals surface area contributed by atoms with E-state index in [1.54, 1.807) is 28.9 Å². The highest BCUT2D eigenvalue weighted by Crippen LogP contribution is 2.11. The van der Waals surface area contributed by atoms with Gasteiger partial charge in [-0.1, -0.05) is 25.4 Å². The molecule has 4 nitrogen and oxygen atoms in total. The van der Waals surface area contributed by atoms with Crippen LogP contribution in [0.3, 0.4) is 0 Å². The van der Waals surface area contributed by atoms with Crippen LogP contribution < -0.4 is 5.32 Å². The Bertz CT molecular complexity index is 562. The number of hydrogen-bond acceptors (Lipinski definition) is 2. The predicted octanol–water partition coefficient (Wildman–Crippen LogP) is 2.76. The quantitative estimate of drug-likeness (QED) is 0.924. The summed E-state index contributed by atoms with van der Waals surface area (Å²) in [4.78, 5) is 16.1. The number of hydrogen-bond donors (Lipinski definition) is 1. The number of carbonyl (C=O) groups is 1. The largest absolute Gasteiger partial charge is 0.351 e. The van der Waals surface area contributed by atoms with Crippen molar-refractivity contribution >= 4 is 23.2 Å². The summed E-state index contributed by atoms with van der Waals surface area (Å²) >= 11 is 5.88. The lowest BCUT2D eigenvalue weighted by atomic mass is 10.1. The van der Waals surface area contributed by atoms with E-state index < -0.39 is 0 Å². The molecule has 0 aliphatic heterocycles. The molecule has 0 unspecified atom stereocenters. The lowest BCUT2D eigenvalue weighted by Gasteiger charge is -2.04. The normalized spacial score (nSPS) is 11.1. The number of amides is 1. The van der Waals surface area contributed by atoms with Gasteiger partial charge < -0.3 is 9.72 Å². The van der Waals surface area contributed by atoms with E-state index in [0.29, 0.717) is 28.8 Å². The summed E-state index contributed by atoms with van der Waals surface area (Å²) in [7, 11) is 0. The topological polar surface area (TPSA) is 46.4 Å². The maximum atomic E-state index is 11.9. The molecule has 5 heteroatoms. The van der Waals surface area contributed by atoms with Crippen LogP contribution in [0.1, 0.15) is 30.8 Å². The van der Waals surface area contributed by atoms with Crippen molar-refractivity contribution in [3.05, 3.63) is 35.2 Å². The highest BCUT2D eigenvalue weighted by molar-refractivity contribution is 6.30. The van der Waals surface area contributed by atoms with Crippen LogP contribution in [0.4, 0.5) is 0 Å². The second-order valence-electron chi connectivity index (χ2n) is 4.68. The van der Waals surface area contributed by atoms with Crippen molar-refractivity contribution in [2.24, 2.45) is 5.92 Å². The Balaban J connectivity index is 2.08. The highest BCUT2D eigenvalue weighted by atomic mass is 35.5. The number of rotatable bonds is 4. The van der Waals surface area contributed by atoms with E-state index in [4.69, 9.17) is 11.6 Å². The Kier molecular flexibility index (Phi) is 3.87. The highest BCUT2D eigenvalue weighted by Gasteiger charge is 2.10. The number of nitrogens with one attached hydrogen (secondary N) is 1. The van der Waals surface area contributed by atoms with Gasteiger partial charge in [-0.2, -0.15) is 0 Å². The van der Waals surface area contributed by atoms with E-state index in [1.807, 2.05) is 0 Å². The third kappa shape index (κ3) is 3.01. The molecule has 0 fully saturated rings. The van der Waals surface area contributed by atoms with Gasteiger partial charge in [-0.05, 0) is 24.5 Å². The van der Waals surface area contributed by atoms with Gasteiger partial charge in [-0.15, -0.1) is 0 Å². The molecule has 18 heavy (non-hydrogen) atoms. The molecule has 0 spiro atoms. The average molecular weight is 266 g/mol. The van der Waals surface area contributed by atoms with Crippen LogP contribution in [0.2, 0.25) is 5.02 Å². The number of fused-ring (bicyclic) bond motifs is 1. The number of aromatic nitrogens is 2. The van der Waals surface area contributed by atoms with Crippen LogP contribution in [0.15, 0.2) is 24.5 Å². The monoisotopic (exact) mass is 265 g/mol. The van der Waals surface area contributed by atoms with Crippen molar-refractivity contribution in [1.29, 1.82) is 0 Å².